The number of benzene rings is 1. The predicted octanol–water partition coefficient (Wildman–Crippen LogP) is 2.32. The first kappa shape index (κ1) is 13.3. The molecular formula is C13H12ClN3O2. The fraction of sp³-hybridized carbons (Fsp3) is 0.154. The van der Waals surface area contributed by atoms with Crippen LogP contribution in [0.15, 0.2) is 36.7 Å². The number of carbonyl (C=O) groups excluding carboxylic acids is 1. The lowest BCUT2D eigenvalue weighted by Crippen LogP contribution is -2.15. The van der Waals surface area contributed by atoms with Crippen molar-refractivity contribution < 1.29 is 9.53 Å². The molecule has 0 fully saturated rings. The summed E-state index contributed by atoms with van der Waals surface area (Å²) in [5, 5.41) is 2.87. The zero-order chi connectivity index (χ0) is 13.7. The van der Waals surface area contributed by atoms with E-state index in [0.717, 1.165) is 11.3 Å². The smallest absolute Gasteiger partial charge is 0.229 e. The van der Waals surface area contributed by atoms with Gasteiger partial charge in [-0.15, -0.1) is 0 Å². The lowest BCUT2D eigenvalue weighted by molar-refractivity contribution is -0.115. The molecule has 0 unspecified atom stereocenters. The van der Waals surface area contributed by atoms with Gasteiger partial charge in [0.15, 0.2) is 5.82 Å². The quantitative estimate of drug-likeness (QED) is 0.931. The van der Waals surface area contributed by atoms with Crippen molar-refractivity contribution in [1.29, 1.82) is 0 Å². The van der Waals surface area contributed by atoms with Gasteiger partial charge in [0, 0.05) is 0 Å². The lowest BCUT2D eigenvalue weighted by atomic mass is 10.1. The maximum atomic E-state index is 11.8. The van der Waals surface area contributed by atoms with Crippen LogP contribution in [-0.2, 0) is 11.2 Å². The van der Waals surface area contributed by atoms with Crippen LogP contribution in [0.25, 0.3) is 0 Å². The van der Waals surface area contributed by atoms with Crippen molar-refractivity contribution >= 4 is 23.3 Å². The molecule has 1 heterocycles. The highest BCUT2D eigenvalue weighted by Crippen LogP contribution is 2.12. The minimum atomic E-state index is -0.179. The standard InChI is InChI=1S/C13H12ClN3O2/c1-19-10-4-2-9(3-5-10)6-13(18)17-12-8-15-7-11(14)16-12/h2-5,7-8H,6H2,1H3,(H,16,17,18). The Morgan fingerprint density at radius 3 is 2.68 bits per heavy atom. The molecule has 0 saturated heterocycles. The summed E-state index contributed by atoms with van der Waals surface area (Å²) in [6.07, 6.45) is 3.09. The first-order valence-electron chi connectivity index (χ1n) is 5.57. The van der Waals surface area contributed by atoms with Crippen LogP contribution in [0.2, 0.25) is 5.15 Å². The number of methoxy groups -OCH3 is 1. The number of halogens is 1. The number of anilines is 1. The number of nitrogens with one attached hydrogen (secondary N) is 1. The van der Waals surface area contributed by atoms with Crippen LogP contribution in [0.4, 0.5) is 5.82 Å². The molecule has 1 aromatic heterocycles. The van der Waals surface area contributed by atoms with Crippen LogP contribution in [0, 0.1) is 0 Å². The maximum Gasteiger partial charge on any atom is 0.229 e. The highest BCUT2D eigenvalue weighted by atomic mass is 35.5. The van der Waals surface area contributed by atoms with Gasteiger partial charge in [-0.1, -0.05) is 23.7 Å². The van der Waals surface area contributed by atoms with Crippen molar-refractivity contribution in [3.8, 4) is 5.75 Å². The van der Waals surface area contributed by atoms with Gasteiger partial charge in [-0.2, -0.15) is 0 Å². The summed E-state index contributed by atoms with van der Waals surface area (Å²) in [4.78, 5) is 19.6. The number of ether oxygens (including phenoxy) is 1. The normalized spacial score (nSPS) is 10.0. The van der Waals surface area contributed by atoms with Crippen molar-refractivity contribution in [2.24, 2.45) is 0 Å². The number of nitrogens with zero attached hydrogens (tertiary/aromatic N) is 2. The molecule has 0 aliphatic carbocycles. The van der Waals surface area contributed by atoms with Crippen LogP contribution >= 0.6 is 11.6 Å². The van der Waals surface area contributed by atoms with Crippen LogP contribution < -0.4 is 10.1 Å². The summed E-state index contributed by atoms with van der Waals surface area (Å²) in [5.41, 5.74) is 0.883. The summed E-state index contributed by atoms with van der Waals surface area (Å²) < 4.78 is 5.05. The van der Waals surface area contributed by atoms with E-state index in [9.17, 15) is 4.79 Å². The van der Waals surface area contributed by atoms with Gasteiger partial charge in [-0.05, 0) is 17.7 Å². The molecule has 0 radical (unpaired) electrons. The molecule has 98 valence electrons. The minimum Gasteiger partial charge on any atom is -0.497 e. The van der Waals surface area contributed by atoms with E-state index < -0.39 is 0 Å². The monoisotopic (exact) mass is 277 g/mol. The van der Waals surface area contributed by atoms with Gasteiger partial charge in [0.2, 0.25) is 5.91 Å². The molecule has 2 rings (SSSR count). The van der Waals surface area contributed by atoms with E-state index in [1.807, 2.05) is 24.3 Å². The van der Waals surface area contributed by atoms with E-state index in [-0.39, 0.29) is 17.5 Å². The first-order valence-corrected chi connectivity index (χ1v) is 5.95. The fourth-order valence-corrected chi connectivity index (χ4v) is 1.67. The third-order valence-electron chi connectivity index (χ3n) is 2.40. The zero-order valence-electron chi connectivity index (χ0n) is 10.3. The van der Waals surface area contributed by atoms with Gasteiger partial charge in [-0.25, -0.2) is 4.98 Å². The molecule has 2 aromatic rings. The number of hydrogen-bond acceptors (Lipinski definition) is 4. The van der Waals surface area contributed by atoms with Crippen LogP contribution in [0.5, 0.6) is 5.75 Å². The van der Waals surface area contributed by atoms with Crippen LogP contribution in [-0.4, -0.2) is 23.0 Å². The molecule has 19 heavy (non-hydrogen) atoms. The molecular weight excluding hydrogens is 266 g/mol. The number of aromatic nitrogens is 2. The van der Waals surface area contributed by atoms with Crippen LogP contribution in [0.1, 0.15) is 5.56 Å². The summed E-state index contributed by atoms with van der Waals surface area (Å²) in [6.45, 7) is 0. The number of amides is 1. The summed E-state index contributed by atoms with van der Waals surface area (Å²) in [7, 11) is 1.60. The Morgan fingerprint density at radius 1 is 1.32 bits per heavy atom. The van der Waals surface area contributed by atoms with Gasteiger partial charge in [0.1, 0.15) is 10.9 Å². The van der Waals surface area contributed by atoms with Crippen LogP contribution in [0.3, 0.4) is 0 Å². The molecule has 0 spiro atoms. The zero-order valence-corrected chi connectivity index (χ0v) is 11.0. The Labute approximate surface area is 115 Å². The Balaban J connectivity index is 1.97. The predicted molar refractivity (Wildman–Crippen MR) is 72.4 cm³/mol. The Hall–Kier alpha value is -2.14. The fourth-order valence-electron chi connectivity index (χ4n) is 1.52. The van der Waals surface area contributed by atoms with Gasteiger partial charge >= 0.3 is 0 Å². The second-order valence-corrected chi connectivity index (χ2v) is 4.19. The molecule has 6 heteroatoms. The number of carbonyl (C=O) groups is 1. The largest absolute Gasteiger partial charge is 0.497 e. The summed E-state index contributed by atoms with van der Waals surface area (Å²) in [6, 6.07) is 7.29. The number of rotatable bonds is 4. The molecule has 1 N–H and O–H groups in total. The molecule has 0 aliphatic heterocycles. The van der Waals surface area contributed by atoms with E-state index in [4.69, 9.17) is 16.3 Å². The summed E-state index contributed by atoms with van der Waals surface area (Å²) >= 11 is 5.68. The van der Waals surface area contributed by atoms with E-state index in [0.29, 0.717) is 5.82 Å². The van der Waals surface area contributed by atoms with Crippen molar-refractivity contribution in [3.05, 3.63) is 47.4 Å². The Bertz CT molecular complexity index is 572. The van der Waals surface area contributed by atoms with Gasteiger partial charge in [-0.3, -0.25) is 9.78 Å². The maximum absolute atomic E-state index is 11.8. The van der Waals surface area contributed by atoms with E-state index in [1.54, 1.807) is 7.11 Å². The van der Waals surface area contributed by atoms with Crippen molar-refractivity contribution in [2.75, 3.05) is 12.4 Å². The van der Waals surface area contributed by atoms with E-state index in [2.05, 4.69) is 15.3 Å². The third-order valence-corrected chi connectivity index (χ3v) is 2.58. The average molecular weight is 278 g/mol. The Morgan fingerprint density at radius 2 is 2.05 bits per heavy atom. The van der Waals surface area contributed by atoms with E-state index >= 15 is 0 Å². The van der Waals surface area contributed by atoms with E-state index in [1.165, 1.54) is 12.4 Å². The molecule has 0 aliphatic rings. The third kappa shape index (κ3) is 3.93. The molecule has 0 saturated carbocycles. The minimum absolute atomic E-state index is 0.179. The van der Waals surface area contributed by atoms with Gasteiger partial charge in [0.05, 0.1) is 25.9 Å². The molecule has 0 bridgehead atoms. The highest BCUT2D eigenvalue weighted by molar-refractivity contribution is 6.29. The van der Waals surface area contributed by atoms with Gasteiger partial charge in [0.25, 0.3) is 0 Å². The SMILES string of the molecule is COc1ccc(CC(=O)Nc2cncc(Cl)n2)cc1. The molecule has 0 atom stereocenters. The lowest BCUT2D eigenvalue weighted by Gasteiger charge is -2.05. The number of hydrogen-bond donors (Lipinski definition) is 1. The van der Waals surface area contributed by atoms with Crippen molar-refractivity contribution in [3.63, 3.8) is 0 Å². The second-order valence-electron chi connectivity index (χ2n) is 3.80. The molecule has 1 amide bonds. The van der Waals surface area contributed by atoms with Crippen molar-refractivity contribution in [2.45, 2.75) is 6.42 Å². The topological polar surface area (TPSA) is 64.1 Å². The summed E-state index contributed by atoms with van der Waals surface area (Å²) in [5.74, 6) is 0.914. The van der Waals surface area contributed by atoms with Crippen molar-refractivity contribution in [1.82, 2.24) is 9.97 Å². The molecule has 5 nitrogen and oxygen atoms in total. The highest BCUT2D eigenvalue weighted by Gasteiger charge is 2.06. The second kappa shape index (κ2) is 6.15. The Kier molecular flexibility index (Phi) is 4.30. The molecule has 1 aromatic carbocycles. The first-order chi connectivity index (χ1) is 9.17. The average Bonchev–Trinajstić information content (AvgIpc) is 2.39. The van der Waals surface area contributed by atoms with Gasteiger partial charge < -0.3 is 10.1 Å².